The first-order valence-corrected chi connectivity index (χ1v) is 22.5. The Morgan fingerprint density at radius 3 is 2.25 bits per heavy atom. The van der Waals surface area contributed by atoms with Crippen molar-refractivity contribution in [1.29, 1.82) is 0 Å². The number of hydrogen-bond donors (Lipinski definition) is 7. The Bertz CT molecular complexity index is 2580. The molecule has 358 valence electrons. The van der Waals surface area contributed by atoms with Gasteiger partial charge in [-0.3, -0.25) is 38.4 Å². The number of halogens is 2. The third-order valence-corrected chi connectivity index (χ3v) is 12.4. The van der Waals surface area contributed by atoms with E-state index in [1.54, 1.807) is 36.4 Å². The number of likely N-dealkylation sites (tertiary alicyclic amines) is 1. The Morgan fingerprint density at radius 2 is 1.60 bits per heavy atom. The Kier molecular flexibility index (Phi) is 16.3. The molecule has 1 saturated heterocycles. The molecule has 9 N–H and O–H groups in total. The predicted molar refractivity (Wildman–Crippen MR) is 251 cm³/mol. The molecular formula is C49H54ClFN8O9. The molecule has 4 aromatic carbocycles. The molecule has 7 atom stereocenters. The Morgan fingerprint density at radius 1 is 0.926 bits per heavy atom. The van der Waals surface area contributed by atoms with Crippen LogP contribution in [0, 0.1) is 0 Å². The lowest BCUT2D eigenvalue weighted by Gasteiger charge is -2.32. The maximum absolute atomic E-state index is 14.7. The van der Waals surface area contributed by atoms with E-state index in [1.165, 1.54) is 57.3 Å². The number of phenolic OH excluding ortho intramolecular Hbond substituents is 1. The van der Waals surface area contributed by atoms with Crippen LogP contribution >= 0.6 is 11.6 Å². The van der Waals surface area contributed by atoms with Crippen LogP contribution in [0.15, 0.2) is 84.9 Å². The van der Waals surface area contributed by atoms with Crippen LogP contribution in [0.4, 0.5) is 4.39 Å². The summed E-state index contributed by atoms with van der Waals surface area (Å²) >= 11 is 6.05. The molecule has 6 rings (SSSR count). The quantitative estimate of drug-likeness (QED) is 0.0718. The van der Waals surface area contributed by atoms with Crippen molar-refractivity contribution in [1.82, 2.24) is 31.1 Å². The van der Waals surface area contributed by atoms with Crippen molar-refractivity contribution in [2.45, 2.75) is 88.4 Å². The zero-order valence-electron chi connectivity index (χ0n) is 37.7. The third kappa shape index (κ3) is 11.7. The van der Waals surface area contributed by atoms with Crippen LogP contribution in [0.1, 0.15) is 77.4 Å². The molecule has 1 fully saturated rings. The molecule has 4 bridgehead atoms. The van der Waals surface area contributed by atoms with E-state index in [2.05, 4.69) is 21.3 Å². The lowest BCUT2D eigenvalue weighted by molar-refractivity contribution is -0.142. The van der Waals surface area contributed by atoms with E-state index in [9.17, 15) is 47.9 Å². The van der Waals surface area contributed by atoms with E-state index < -0.39 is 90.3 Å². The summed E-state index contributed by atoms with van der Waals surface area (Å²) < 4.78 is 14.3. The van der Waals surface area contributed by atoms with E-state index in [-0.39, 0.29) is 52.8 Å². The van der Waals surface area contributed by atoms with E-state index in [0.29, 0.717) is 36.3 Å². The van der Waals surface area contributed by atoms with Gasteiger partial charge in [0.2, 0.25) is 35.4 Å². The first-order valence-electron chi connectivity index (χ1n) is 22.1. The number of phenols is 1. The number of carbonyl (C=O) groups excluding carboxylic acids is 8. The van der Waals surface area contributed by atoms with Gasteiger partial charge in [0.15, 0.2) is 6.29 Å². The predicted octanol–water partition coefficient (Wildman–Crippen LogP) is 3.09. The standard InChI is InChI=1S/C49H54ClFN8O9/c1-26-44(63)57-39(46(65)55-27(2)48(67)59-24-35(51)23-40(59)43(53)62)21-28-7-18-41(61)37(20-28)36-22-32(12-13-33(36)25-60)42(47(66)54-26)58(3)49(68)38(6-4-5-19-52)56-45(64)31-10-8-29(9-11-31)30-14-16-34(50)17-15-30/h7-18,20,22,25-27,35,38-40,42,61H,4-6,19,21,23-24,52H2,1-3H3,(H2,53,62)(H,54,66)(H,55,65)(H,56,64)(H,57,63)/t26-,27-,35-,38-,39-,40-,42-/m0/s1. The van der Waals surface area contributed by atoms with Crippen molar-refractivity contribution < 1.29 is 47.9 Å². The van der Waals surface area contributed by atoms with Crippen molar-refractivity contribution in [3.05, 3.63) is 112 Å². The first kappa shape index (κ1) is 50.2. The highest BCUT2D eigenvalue weighted by atomic mass is 35.5. The van der Waals surface area contributed by atoms with E-state index >= 15 is 0 Å². The second-order valence-corrected chi connectivity index (χ2v) is 17.5. The Balaban J connectivity index is 1.31. The van der Waals surface area contributed by atoms with Gasteiger partial charge in [-0.15, -0.1) is 0 Å². The molecule has 0 aromatic heterocycles. The molecule has 0 radical (unpaired) electrons. The maximum atomic E-state index is 14.7. The largest absolute Gasteiger partial charge is 0.507 e. The van der Waals surface area contributed by atoms with E-state index in [0.717, 1.165) is 20.9 Å². The van der Waals surface area contributed by atoms with E-state index in [1.807, 2.05) is 12.1 Å². The molecule has 0 unspecified atom stereocenters. The number of nitrogens with one attached hydrogen (secondary N) is 4. The highest BCUT2D eigenvalue weighted by Crippen LogP contribution is 2.36. The number of fused-ring (bicyclic) bond motifs is 5. The van der Waals surface area contributed by atoms with Crippen LogP contribution in [0.5, 0.6) is 5.75 Å². The van der Waals surface area contributed by atoms with Gasteiger partial charge in [0, 0.05) is 41.6 Å². The monoisotopic (exact) mass is 952 g/mol. The highest BCUT2D eigenvalue weighted by molar-refractivity contribution is 6.30. The average Bonchev–Trinajstić information content (AvgIpc) is 3.72. The summed E-state index contributed by atoms with van der Waals surface area (Å²) in [5.41, 5.74) is 14.1. The molecule has 19 heteroatoms. The molecule has 4 aromatic rings. The summed E-state index contributed by atoms with van der Waals surface area (Å²) in [6.45, 7) is 2.60. The van der Waals surface area contributed by atoms with Gasteiger partial charge in [0.25, 0.3) is 5.91 Å². The van der Waals surface area contributed by atoms with Gasteiger partial charge >= 0.3 is 0 Å². The molecule has 0 aliphatic carbocycles. The number of amides is 7. The number of alkyl halides is 1. The van der Waals surface area contributed by atoms with Crippen molar-refractivity contribution in [3.63, 3.8) is 0 Å². The summed E-state index contributed by atoms with van der Waals surface area (Å²) in [4.78, 5) is 111. The topological polar surface area (TPSA) is 263 Å². The fourth-order valence-electron chi connectivity index (χ4n) is 8.40. The van der Waals surface area contributed by atoms with Gasteiger partial charge in [-0.1, -0.05) is 54.1 Å². The number of likely N-dealkylation sites (N-methyl/N-ethyl adjacent to an activating group) is 1. The summed E-state index contributed by atoms with van der Waals surface area (Å²) in [7, 11) is 1.36. The van der Waals surface area contributed by atoms with Gasteiger partial charge < -0.3 is 47.6 Å². The lowest BCUT2D eigenvalue weighted by atomic mass is 9.91. The molecule has 2 heterocycles. The second kappa shape index (κ2) is 22.1. The number of aldehydes is 1. The van der Waals surface area contributed by atoms with Crippen LogP contribution in [0.3, 0.4) is 0 Å². The molecule has 2 aliphatic heterocycles. The summed E-state index contributed by atoms with van der Waals surface area (Å²) in [6, 6.07) is 14.7. The number of benzene rings is 4. The van der Waals surface area contributed by atoms with E-state index in [4.69, 9.17) is 23.1 Å². The van der Waals surface area contributed by atoms with Crippen molar-refractivity contribution >= 4 is 59.2 Å². The number of unbranched alkanes of at least 4 members (excludes halogenated alkanes) is 1. The zero-order chi connectivity index (χ0) is 49.4. The second-order valence-electron chi connectivity index (χ2n) is 17.0. The highest BCUT2D eigenvalue weighted by Gasteiger charge is 2.41. The number of primary amides is 1. The average molecular weight is 953 g/mol. The van der Waals surface area contributed by atoms with Crippen molar-refractivity contribution in [2.75, 3.05) is 20.1 Å². The van der Waals surface area contributed by atoms with Crippen LogP contribution in [-0.2, 0) is 35.2 Å². The van der Waals surface area contributed by atoms with Crippen LogP contribution < -0.4 is 32.7 Å². The number of carbonyl (C=O) groups is 8. The van der Waals surface area contributed by atoms with Crippen LogP contribution in [-0.4, -0.2) is 119 Å². The molecule has 2 aliphatic rings. The zero-order valence-corrected chi connectivity index (χ0v) is 38.4. The summed E-state index contributed by atoms with van der Waals surface area (Å²) in [5.74, 6) is -5.74. The summed E-state index contributed by atoms with van der Waals surface area (Å²) in [6.07, 6.45) is -0.356. The van der Waals surface area contributed by atoms with Gasteiger partial charge in [-0.2, -0.15) is 0 Å². The normalized spacial score (nSPS) is 20.1. The Hall–Kier alpha value is -7.18. The summed E-state index contributed by atoms with van der Waals surface area (Å²) in [5, 5.41) is 22.4. The van der Waals surface area contributed by atoms with Crippen molar-refractivity contribution in [3.8, 4) is 28.0 Å². The molecule has 7 amide bonds. The minimum Gasteiger partial charge on any atom is -0.507 e. The fourth-order valence-corrected chi connectivity index (χ4v) is 8.53. The first-order chi connectivity index (χ1) is 32.4. The molecule has 68 heavy (non-hydrogen) atoms. The number of aromatic hydroxyl groups is 1. The smallest absolute Gasteiger partial charge is 0.251 e. The molecule has 17 nitrogen and oxygen atoms in total. The number of nitrogens with two attached hydrogens (primary N) is 2. The SMILES string of the molecule is C[C@@H]1NC(=O)[C@@H](N(C)C(=O)[C@H](CCCCN)NC(=O)c2ccc(-c3ccc(Cl)cc3)cc2)c2ccc(C=O)c(c2)-c2cc(ccc2O)C[C@@H](C(=O)N[C@@H](C)C(=O)N2C[C@@H](F)C[C@H]2C(N)=O)NC1=O. The van der Waals surface area contributed by atoms with Gasteiger partial charge in [-0.05, 0) is 110 Å². The third-order valence-electron chi connectivity index (χ3n) is 12.1. The number of nitrogens with zero attached hydrogens (tertiary/aromatic N) is 2. The minimum atomic E-state index is -1.50. The van der Waals surface area contributed by atoms with Gasteiger partial charge in [0.1, 0.15) is 48.2 Å². The fraction of sp³-hybridized carbons (Fsp3) is 0.347. The minimum absolute atomic E-state index is 0.102. The molecule has 0 spiro atoms. The Labute approximate surface area is 397 Å². The maximum Gasteiger partial charge on any atom is 0.251 e. The molecule has 0 saturated carbocycles. The lowest BCUT2D eigenvalue weighted by Crippen LogP contribution is -2.58. The van der Waals surface area contributed by atoms with Crippen LogP contribution in [0.2, 0.25) is 5.02 Å². The molecular weight excluding hydrogens is 899 g/mol. The number of hydrogen-bond acceptors (Lipinski definition) is 10. The number of rotatable bonds is 14. The van der Waals surface area contributed by atoms with Crippen molar-refractivity contribution in [2.24, 2.45) is 11.5 Å². The van der Waals surface area contributed by atoms with Gasteiger partial charge in [-0.25, -0.2) is 4.39 Å². The van der Waals surface area contributed by atoms with Gasteiger partial charge in [0.05, 0.1) is 6.54 Å². The van der Waals surface area contributed by atoms with Crippen LogP contribution in [0.25, 0.3) is 22.3 Å².